The van der Waals surface area contributed by atoms with Gasteiger partial charge in [0.25, 0.3) is 0 Å². The lowest BCUT2D eigenvalue weighted by Crippen LogP contribution is -2.38. The van der Waals surface area contributed by atoms with Gasteiger partial charge in [-0.15, -0.1) is 0 Å². The number of piperidine rings is 1. The lowest BCUT2D eigenvalue weighted by Gasteiger charge is -2.37. The van der Waals surface area contributed by atoms with Crippen molar-refractivity contribution in [3.63, 3.8) is 0 Å². The third kappa shape index (κ3) is 3.52. The first-order valence-electron chi connectivity index (χ1n) is 7.18. The van der Waals surface area contributed by atoms with E-state index in [0.717, 1.165) is 19.4 Å². The van der Waals surface area contributed by atoms with E-state index in [1.54, 1.807) is 12.1 Å². The minimum Gasteiger partial charge on any atom is -0.481 e. The Morgan fingerprint density at radius 1 is 1.62 bits per heavy atom. The largest absolute Gasteiger partial charge is 0.481 e. The Hall–Kier alpha value is -2.09. The van der Waals surface area contributed by atoms with Gasteiger partial charge in [0.2, 0.25) is 0 Å². The maximum atomic E-state index is 13.7. The molecule has 0 saturated carbocycles. The molecule has 2 rings (SSSR count). The molecular formula is C16H19FN2O2. The molecule has 0 radical (unpaired) electrons. The Bertz CT molecular complexity index is 568. The average Bonchev–Trinajstić information content (AvgIpc) is 2.46. The van der Waals surface area contributed by atoms with Crippen molar-refractivity contribution in [2.75, 3.05) is 18.0 Å². The highest BCUT2D eigenvalue weighted by Crippen LogP contribution is 2.31. The fourth-order valence-electron chi connectivity index (χ4n) is 3.02. The Balaban J connectivity index is 2.17. The van der Waals surface area contributed by atoms with Gasteiger partial charge in [-0.05, 0) is 36.8 Å². The summed E-state index contributed by atoms with van der Waals surface area (Å²) in [5.74, 6) is -0.965. The van der Waals surface area contributed by atoms with Crippen molar-refractivity contribution in [3.8, 4) is 6.07 Å². The molecule has 2 unspecified atom stereocenters. The summed E-state index contributed by atoms with van der Waals surface area (Å²) < 4.78 is 13.7. The standard InChI is InChI=1S/C16H19FN2O2/c1-11(8-16(20)21)12-4-3-7-19(10-12)15-6-2-5-14(17)13(15)9-18/h2,5-6,11-12H,3-4,7-8,10H2,1H3,(H,20,21). The zero-order valence-corrected chi connectivity index (χ0v) is 12.1. The van der Waals surface area contributed by atoms with Gasteiger partial charge in [0, 0.05) is 19.5 Å². The molecule has 5 heteroatoms. The average molecular weight is 290 g/mol. The topological polar surface area (TPSA) is 64.3 Å². The van der Waals surface area contributed by atoms with Gasteiger partial charge in [0.15, 0.2) is 0 Å². The normalized spacial score (nSPS) is 19.9. The quantitative estimate of drug-likeness (QED) is 0.925. The van der Waals surface area contributed by atoms with E-state index in [-0.39, 0.29) is 23.8 Å². The zero-order valence-electron chi connectivity index (χ0n) is 12.1. The van der Waals surface area contributed by atoms with Crippen molar-refractivity contribution in [3.05, 3.63) is 29.6 Å². The Morgan fingerprint density at radius 3 is 3.05 bits per heavy atom. The summed E-state index contributed by atoms with van der Waals surface area (Å²) in [7, 11) is 0. The van der Waals surface area contributed by atoms with Crippen LogP contribution in [0.2, 0.25) is 0 Å². The number of nitriles is 1. The maximum Gasteiger partial charge on any atom is 0.303 e. The summed E-state index contributed by atoms with van der Waals surface area (Å²) in [5.41, 5.74) is 0.689. The molecule has 1 aliphatic rings. The number of nitrogens with zero attached hydrogens (tertiary/aromatic N) is 2. The lowest BCUT2D eigenvalue weighted by molar-refractivity contribution is -0.138. The number of benzene rings is 1. The smallest absolute Gasteiger partial charge is 0.303 e. The van der Waals surface area contributed by atoms with Crippen LogP contribution in [0.1, 0.15) is 31.7 Å². The zero-order chi connectivity index (χ0) is 15.4. The van der Waals surface area contributed by atoms with Crippen molar-refractivity contribution >= 4 is 11.7 Å². The first-order chi connectivity index (χ1) is 10.0. The fraction of sp³-hybridized carbons (Fsp3) is 0.500. The molecule has 2 atom stereocenters. The number of halogens is 1. The lowest BCUT2D eigenvalue weighted by atomic mass is 9.84. The van der Waals surface area contributed by atoms with Crippen LogP contribution in [-0.2, 0) is 4.79 Å². The molecule has 1 N–H and O–H groups in total. The van der Waals surface area contributed by atoms with E-state index in [1.165, 1.54) is 6.07 Å². The van der Waals surface area contributed by atoms with Crippen LogP contribution in [0.5, 0.6) is 0 Å². The van der Waals surface area contributed by atoms with E-state index in [2.05, 4.69) is 0 Å². The summed E-state index contributed by atoms with van der Waals surface area (Å²) in [6, 6.07) is 6.58. The van der Waals surface area contributed by atoms with Gasteiger partial charge >= 0.3 is 5.97 Å². The number of carboxylic acids is 1. The molecule has 0 bridgehead atoms. The second-order valence-corrected chi connectivity index (χ2v) is 5.67. The van der Waals surface area contributed by atoms with Gasteiger partial charge < -0.3 is 10.0 Å². The van der Waals surface area contributed by atoms with Crippen LogP contribution in [0, 0.1) is 29.0 Å². The van der Waals surface area contributed by atoms with Crippen LogP contribution in [0.25, 0.3) is 0 Å². The summed E-state index contributed by atoms with van der Waals surface area (Å²) in [4.78, 5) is 12.9. The van der Waals surface area contributed by atoms with Crippen LogP contribution >= 0.6 is 0 Å². The summed E-state index contributed by atoms with van der Waals surface area (Å²) in [6.07, 6.45) is 2.05. The Morgan fingerprint density at radius 2 is 2.38 bits per heavy atom. The van der Waals surface area contributed by atoms with Crippen molar-refractivity contribution in [2.24, 2.45) is 11.8 Å². The summed E-state index contributed by atoms with van der Waals surface area (Å²) in [5, 5.41) is 18.0. The maximum absolute atomic E-state index is 13.7. The molecule has 112 valence electrons. The fourth-order valence-corrected chi connectivity index (χ4v) is 3.02. The van der Waals surface area contributed by atoms with Gasteiger partial charge in [-0.3, -0.25) is 4.79 Å². The summed E-state index contributed by atoms with van der Waals surface area (Å²) >= 11 is 0. The molecule has 1 heterocycles. The van der Waals surface area contributed by atoms with E-state index in [0.29, 0.717) is 12.2 Å². The molecule has 4 nitrogen and oxygen atoms in total. The number of aliphatic carboxylic acids is 1. The van der Waals surface area contributed by atoms with Gasteiger partial charge in [-0.25, -0.2) is 4.39 Å². The molecule has 1 aromatic rings. The molecule has 1 aromatic carbocycles. The van der Waals surface area contributed by atoms with Crippen molar-refractivity contribution in [1.82, 2.24) is 0 Å². The number of hydrogen-bond donors (Lipinski definition) is 1. The second kappa shape index (κ2) is 6.57. The highest BCUT2D eigenvalue weighted by atomic mass is 19.1. The highest BCUT2D eigenvalue weighted by Gasteiger charge is 2.27. The molecule has 1 aliphatic heterocycles. The monoisotopic (exact) mass is 290 g/mol. The van der Waals surface area contributed by atoms with E-state index < -0.39 is 11.8 Å². The van der Waals surface area contributed by atoms with Crippen molar-refractivity contribution in [2.45, 2.75) is 26.2 Å². The van der Waals surface area contributed by atoms with Crippen LogP contribution in [0.4, 0.5) is 10.1 Å². The minimum absolute atomic E-state index is 0.0732. The van der Waals surface area contributed by atoms with Crippen molar-refractivity contribution < 1.29 is 14.3 Å². The second-order valence-electron chi connectivity index (χ2n) is 5.67. The predicted octanol–water partition coefficient (Wildman–Crippen LogP) is 3.02. The predicted molar refractivity (Wildman–Crippen MR) is 77.5 cm³/mol. The first-order valence-corrected chi connectivity index (χ1v) is 7.18. The van der Waals surface area contributed by atoms with Gasteiger partial charge in [0.05, 0.1) is 5.69 Å². The number of anilines is 1. The molecule has 21 heavy (non-hydrogen) atoms. The van der Waals surface area contributed by atoms with Gasteiger partial charge in [-0.2, -0.15) is 5.26 Å². The van der Waals surface area contributed by atoms with Crippen LogP contribution in [-0.4, -0.2) is 24.2 Å². The van der Waals surface area contributed by atoms with E-state index >= 15 is 0 Å². The van der Waals surface area contributed by atoms with E-state index in [1.807, 2.05) is 17.9 Å². The van der Waals surface area contributed by atoms with E-state index in [4.69, 9.17) is 10.4 Å². The number of hydrogen-bond acceptors (Lipinski definition) is 3. The number of carbonyl (C=O) groups is 1. The molecule has 0 aliphatic carbocycles. The SMILES string of the molecule is CC(CC(=O)O)C1CCCN(c2cccc(F)c2C#N)C1. The third-order valence-electron chi connectivity index (χ3n) is 4.20. The van der Waals surface area contributed by atoms with Gasteiger partial charge in [0.1, 0.15) is 17.4 Å². The molecule has 0 spiro atoms. The molecule has 1 saturated heterocycles. The van der Waals surface area contributed by atoms with Crippen LogP contribution < -0.4 is 4.90 Å². The number of rotatable bonds is 4. The van der Waals surface area contributed by atoms with Crippen molar-refractivity contribution in [1.29, 1.82) is 5.26 Å². The third-order valence-corrected chi connectivity index (χ3v) is 4.20. The van der Waals surface area contributed by atoms with Gasteiger partial charge in [-0.1, -0.05) is 13.0 Å². The Labute approximate surface area is 123 Å². The molecule has 1 fully saturated rings. The molecule has 0 aromatic heterocycles. The minimum atomic E-state index is -0.789. The Kier molecular flexibility index (Phi) is 4.79. The van der Waals surface area contributed by atoms with Crippen LogP contribution in [0.15, 0.2) is 18.2 Å². The highest BCUT2D eigenvalue weighted by molar-refractivity contribution is 5.67. The van der Waals surface area contributed by atoms with Crippen LogP contribution in [0.3, 0.4) is 0 Å². The van der Waals surface area contributed by atoms with E-state index in [9.17, 15) is 9.18 Å². The first kappa shape index (κ1) is 15.3. The molecular weight excluding hydrogens is 271 g/mol. The molecule has 0 amide bonds. The number of carboxylic acid groups (broad SMARTS) is 1. The summed E-state index contributed by atoms with van der Waals surface area (Å²) in [6.45, 7) is 3.39.